The lowest BCUT2D eigenvalue weighted by molar-refractivity contribution is 0.481. The predicted molar refractivity (Wildman–Crippen MR) is 97.1 cm³/mol. The standard InChI is InChI=1S/C21H18F2N2/c22-16-9-5-14(6-10-16)7-12-21-24-19-11-8-15(13-20(19)25-21)17-3-1-2-4-18(17)23/h1-4,7-9,11-14H,5-6,10H2,(H,24,25). The summed E-state index contributed by atoms with van der Waals surface area (Å²) in [5.41, 5.74) is 3.09. The number of hydrogen-bond donors (Lipinski definition) is 1. The number of aromatic nitrogens is 2. The number of nitrogens with zero attached hydrogens (tertiary/aromatic N) is 1. The van der Waals surface area contributed by atoms with Crippen molar-refractivity contribution < 1.29 is 8.78 Å². The molecule has 1 aliphatic rings. The van der Waals surface area contributed by atoms with E-state index in [1.807, 2.05) is 30.3 Å². The van der Waals surface area contributed by atoms with E-state index in [-0.39, 0.29) is 11.6 Å². The Balaban J connectivity index is 1.59. The summed E-state index contributed by atoms with van der Waals surface area (Å²) in [4.78, 5) is 7.83. The summed E-state index contributed by atoms with van der Waals surface area (Å²) in [7, 11) is 0. The van der Waals surface area contributed by atoms with Crippen molar-refractivity contribution in [2.45, 2.75) is 19.3 Å². The fourth-order valence-corrected chi connectivity index (χ4v) is 3.19. The van der Waals surface area contributed by atoms with Gasteiger partial charge >= 0.3 is 0 Å². The summed E-state index contributed by atoms with van der Waals surface area (Å²) >= 11 is 0. The lowest BCUT2D eigenvalue weighted by Gasteiger charge is -2.14. The normalized spacial score (nSPS) is 18.0. The Morgan fingerprint density at radius 1 is 1.12 bits per heavy atom. The van der Waals surface area contributed by atoms with Crippen LogP contribution in [0.2, 0.25) is 0 Å². The Morgan fingerprint density at radius 3 is 2.80 bits per heavy atom. The van der Waals surface area contributed by atoms with Gasteiger partial charge in [-0.1, -0.05) is 36.4 Å². The zero-order chi connectivity index (χ0) is 17.2. The van der Waals surface area contributed by atoms with Gasteiger partial charge in [0.1, 0.15) is 11.6 Å². The zero-order valence-corrected chi connectivity index (χ0v) is 13.7. The van der Waals surface area contributed by atoms with E-state index in [1.54, 1.807) is 18.2 Å². The lowest BCUT2D eigenvalue weighted by Crippen LogP contribution is -2.00. The van der Waals surface area contributed by atoms with Crippen LogP contribution in [0.1, 0.15) is 25.1 Å². The molecule has 1 atom stereocenters. The Labute approximate surface area is 144 Å². The molecule has 1 aromatic heterocycles. The molecular weight excluding hydrogens is 318 g/mol. The van der Waals surface area contributed by atoms with Gasteiger partial charge in [-0.15, -0.1) is 0 Å². The fourth-order valence-electron chi connectivity index (χ4n) is 3.19. The van der Waals surface area contributed by atoms with E-state index in [4.69, 9.17) is 0 Å². The highest BCUT2D eigenvalue weighted by molar-refractivity contribution is 5.83. The van der Waals surface area contributed by atoms with Gasteiger partial charge in [-0.2, -0.15) is 0 Å². The van der Waals surface area contributed by atoms with Crippen molar-refractivity contribution in [3.05, 3.63) is 72.1 Å². The molecule has 0 fully saturated rings. The molecule has 0 aliphatic heterocycles. The summed E-state index contributed by atoms with van der Waals surface area (Å²) in [5, 5.41) is 0. The van der Waals surface area contributed by atoms with Gasteiger partial charge < -0.3 is 4.98 Å². The molecule has 2 aromatic carbocycles. The number of imidazole rings is 1. The number of aromatic amines is 1. The summed E-state index contributed by atoms with van der Waals surface area (Å²) in [5.74, 6) is 0.863. The van der Waals surface area contributed by atoms with Gasteiger partial charge in [-0.25, -0.2) is 13.8 Å². The van der Waals surface area contributed by atoms with E-state index in [2.05, 4.69) is 16.0 Å². The second-order valence-electron chi connectivity index (χ2n) is 6.38. The maximum absolute atomic E-state index is 14.0. The van der Waals surface area contributed by atoms with E-state index in [1.165, 1.54) is 6.07 Å². The number of benzene rings is 2. The number of hydrogen-bond acceptors (Lipinski definition) is 1. The number of rotatable bonds is 3. The molecule has 1 N–H and O–H groups in total. The second-order valence-corrected chi connectivity index (χ2v) is 6.38. The highest BCUT2D eigenvalue weighted by Gasteiger charge is 2.12. The van der Waals surface area contributed by atoms with E-state index < -0.39 is 0 Å². The molecule has 3 aromatic rings. The van der Waals surface area contributed by atoms with E-state index in [0.717, 1.165) is 35.3 Å². The summed E-state index contributed by atoms with van der Waals surface area (Å²) in [6.07, 6.45) is 7.78. The van der Waals surface area contributed by atoms with Crippen molar-refractivity contribution in [3.8, 4) is 11.1 Å². The van der Waals surface area contributed by atoms with Crippen LogP contribution in [0.4, 0.5) is 8.78 Å². The van der Waals surface area contributed by atoms with Gasteiger partial charge in [-0.3, -0.25) is 0 Å². The van der Waals surface area contributed by atoms with Crippen molar-refractivity contribution >= 4 is 17.1 Å². The Morgan fingerprint density at radius 2 is 2.00 bits per heavy atom. The van der Waals surface area contributed by atoms with Crippen LogP contribution in [0, 0.1) is 11.7 Å². The molecule has 0 saturated carbocycles. The number of nitrogens with one attached hydrogen (secondary N) is 1. The van der Waals surface area contributed by atoms with Crippen LogP contribution < -0.4 is 0 Å². The average molecular weight is 336 g/mol. The maximum Gasteiger partial charge on any atom is 0.131 e. The molecule has 0 radical (unpaired) electrons. The number of fused-ring (bicyclic) bond motifs is 1. The number of H-pyrrole nitrogens is 1. The fraction of sp³-hybridized carbons (Fsp3) is 0.190. The molecule has 1 heterocycles. The molecule has 0 spiro atoms. The SMILES string of the molecule is FC1=CCC(C=Cc2nc3cc(-c4ccccc4F)ccc3[nH]2)CC1. The van der Waals surface area contributed by atoms with Crippen molar-refractivity contribution in [1.82, 2.24) is 9.97 Å². The van der Waals surface area contributed by atoms with Gasteiger partial charge in [0.15, 0.2) is 0 Å². The maximum atomic E-state index is 14.0. The first-order valence-corrected chi connectivity index (χ1v) is 8.46. The number of allylic oxidation sites excluding steroid dienone is 3. The monoisotopic (exact) mass is 336 g/mol. The first kappa shape index (κ1) is 15.8. The van der Waals surface area contributed by atoms with Crippen molar-refractivity contribution in [2.24, 2.45) is 5.92 Å². The Kier molecular flexibility index (Phi) is 4.18. The van der Waals surface area contributed by atoms with E-state index in [9.17, 15) is 8.78 Å². The molecule has 0 amide bonds. The van der Waals surface area contributed by atoms with Crippen molar-refractivity contribution in [2.75, 3.05) is 0 Å². The largest absolute Gasteiger partial charge is 0.338 e. The average Bonchev–Trinajstić information content (AvgIpc) is 3.04. The summed E-state index contributed by atoms with van der Waals surface area (Å²) < 4.78 is 27.0. The lowest BCUT2D eigenvalue weighted by atomic mass is 9.93. The molecule has 126 valence electrons. The van der Waals surface area contributed by atoms with Crippen molar-refractivity contribution in [1.29, 1.82) is 0 Å². The van der Waals surface area contributed by atoms with Crippen LogP contribution in [-0.2, 0) is 0 Å². The molecule has 1 aliphatic carbocycles. The van der Waals surface area contributed by atoms with Gasteiger partial charge in [0.05, 0.1) is 16.9 Å². The molecular formula is C21H18F2N2. The molecule has 4 heteroatoms. The van der Waals surface area contributed by atoms with Gasteiger partial charge in [-0.05, 0) is 55.0 Å². The summed E-state index contributed by atoms with van der Waals surface area (Å²) in [6, 6.07) is 12.4. The minimum atomic E-state index is -0.241. The third-order valence-corrected chi connectivity index (χ3v) is 4.61. The van der Waals surface area contributed by atoms with Gasteiger partial charge in [0.2, 0.25) is 0 Å². The third-order valence-electron chi connectivity index (χ3n) is 4.61. The molecule has 25 heavy (non-hydrogen) atoms. The molecule has 0 bridgehead atoms. The zero-order valence-electron chi connectivity index (χ0n) is 13.7. The van der Waals surface area contributed by atoms with E-state index >= 15 is 0 Å². The first-order valence-electron chi connectivity index (χ1n) is 8.46. The summed E-state index contributed by atoms with van der Waals surface area (Å²) in [6.45, 7) is 0. The molecule has 0 saturated heterocycles. The van der Waals surface area contributed by atoms with Crippen LogP contribution in [0.25, 0.3) is 28.2 Å². The van der Waals surface area contributed by atoms with Crippen LogP contribution in [0.15, 0.2) is 60.4 Å². The van der Waals surface area contributed by atoms with Crippen LogP contribution >= 0.6 is 0 Å². The molecule has 4 rings (SSSR count). The smallest absolute Gasteiger partial charge is 0.131 e. The second kappa shape index (κ2) is 6.63. The molecule has 1 unspecified atom stereocenters. The highest BCUT2D eigenvalue weighted by atomic mass is 19.1. The van der Waals surface area contributed by atoms with Crippen LogP contribution in [0.5, 0.6) is 0 Å². The number of halogens is 2. The topological polar surface area (TPSA) is 28.7 Å². The highest BCUT2D eigenvalue weighted by Crippen LogP contribution is 2.27. The quantitative estimate of drug-likeness (QED) is 0.621. The van der Waals surface area contributed by atoms with E-state index in [0.29, 0.717) is 17.9 Å². The first-order chi connectivity index (χ1) is 12.2. The van der Waals surface area contributed by atoms with Crippen LogP contribution in [0.3, 0.4) is 0 Å². The minimum absolute atomic E-state index is 0.00550. The van der Waals surface area contributed by atoms with Gasteiger partial charge in [0, 0.05) is 5.56 Å². The van der Waals surface area contributed by atoms with Gasteiger partial charge in [0.25, 0.3) is 0 Å². The molecule has 2 nitrogen and oxygen atoms in total. The third kappa shape index (κ3) is 3.38. The predicted octanol–water partition coefficient (Wildman–Crippen LogP) is 6.04. The van der Waals surface area contributed by atoms with Crippen molar-refractivity contribution in [3.63, 3.8) is 0 Å². The Hall–Kier alpha value is -2.75. The Bertz CT molecular complexity index is 969. The van der Waals surface area contributed by atoms with Crippen LogP contribution in [-0.4, -0.2) is 9.97 Å². The minimum Gasteiger partial charge on any atom is -0.338 e.